The van der Waals surface area contributed by atoms with Gasteiger partial charge in [0.15, 0.2) is 11.6 Å². The van der Waals surface area contributed by atoms with E-state index in [0.29, 0.717) is 11.3 Å². The third-order valence-electron chi connectivity index (χ3n) is 5.00. The molecule has 7 nitrogen and oxygen atoms in total. The van der Waals surface area contributed by atoms with E-state index in [9.17, 15) is 9.59 Å². The van der Waals surface area contributed by atoms with Crippen LogP contribution in [-0.2, 0) is 9.59 Å². The highest BCUT2D eigenvalue weighted by molar-refractivity contribution is 6.06. The minimum absolute atomic E-state index is 0.206. The number of nitrogens with zero attached hydrogens (tertiary/aromatic N) is 2. The number of anilines is 3. The van der Waals surface area contributed by atoms with Crippen molar-refractivity contribution in [2.24, 2.45) is 0 Å². The van der Waals surface area contributed by atoms with Gasteiger partial charge in [0.25, 0.3) is 5.91 Å². The zero-order valence-electron chi connectivity index (χ0n) is 16.8. The maximum absolute atomic E-state index is 13.3. The monoisotopic (exact) mass is 402 g/mol. The number of para-hydroxylation sites is 1. The Hall–Kier alpha value is -3.87. The average molecular weight is 402 g/mol. The van der Waals surface area contributed by atoms with Gasteiger partial charge in [0, 0.05) is 11.3 Å². The van der Waals surface area contributed by atoms with E-state index in [1.807, 2.05) is 62.4 Å². The predicted molar refractivity (Wildman–Crippen MR) is 115 cm³/mol. The Kier molecular flexibility index (Phi) is 5.10. The molecule has 1 aliphatic heterocycles. The van der Waals surface area contributed by atoms with Gasteiger partial charge in [-0.2, -0.15) is 0 Å². The van der Waals surface area contributed by atoms with E-state index in [1.165, 1.54) is 4.90 Å². The molecular weight excluding hydrogens is 380 g/mol. The maximum atomic E-state index is 13.3. The van der Waals surface area contributed by atoms with Crippen LogP contribution in [0.1, 0.15) is 22.8 Å². The molecule has 1 unspecified atom stereocenters. The summed E-state index contributed by atoms with van der Waals surface area (Å²) in [7, 11) is 0. The smallest absolute Gasteiger partial charge is 0.274 e. The summed E-state index contributed by atoms with van der Waals surface area (Å²) in [6.45, 7) is 3.64. The summed E-state index contributed by atoms with van der Waals surface area (Å²) >= 11 is 0. The van der Waals surface area contributed by atoms with E-state index in [1.54, 1.807) is 12.1 Å². The van der Waals surface area contributed by atoms with Gasteiger partial charge in [0.05, 0.1) is 0 Å². The number of pyridine rings is 1. The number of nitrogens with two attached hydrogens (primary N) is 1. The van der Waals surface area contributed by atoms with Crippen molar-refractivity contribution in [3.63, 3.8) is 0 Å². The first kappa shape index (κ1) is 19.4. The Balaban J connectivity index is 1.65. The number of nitrogens with one attached hydrogen (secondary N) is 1. The first-order valence-corrected chi connectivity index (χ1v) is 9.59. The van der Waals surface area contributed by atoms with Crippen LogP contribution in [0.25, 0.3) is 0 Å². The number of ether oxygens (including phenoxy) is 1. The lowest BCUT2D eigenvalue weighted by Gasteiger charge is -2.33. The first-order valence-electron chi connectivity index (χ1n) is 9.59. The van der Waals surface area contributed by atoms with Crippen LogP contribution in [0.3, 0.4) is 0 Å². The summed E-state index contributed by atoms with van der Waals surface area (Å²) in [6.07, 6.45) is -0.864. The Labute approximate surface area is 174 Å². The number of rotatable bonds is 4. The number of hydrogen-bond donors (Lipinski definition) is 2. The molecule has 0 fully saturated rings. The standard InChI is InChI=1S/C23H22N4O3/c1-14-7-6-8-15(2)20(14)26-19(28)13-27-22-17(11-12-18(24)25-22)30-21(23(27)29)16-9-4-3-5-10-16/h3-12,21H,13H2,1-2H3,(H2,24,25)(H,26,28). The summed E-state index contributed by atoms with van der Waals surface area (Å²) < 4.78 is 5.91. The summed E-state index contributed by atoms with van der Waals surface area (Å²) in [5, 5.41) is 2.91. The molecule has 0 radical (unpaired) electrons. The van der Waals surface area contributed by atoms with Crippen LogP contribution in [0.4, 0.5) is 17.3 Å². The van der Waals surface area contributed by atoms with Gasteiger partial charge in [0.1, 0.15) is 12.4 Å². The predicted octanol–water partition coefficient (Wildman–Crippen LogP) is 3.39. The third kappa shape index (κ3) is 3.69. The molecule has 2 aromatic carbocycles. The van der Waals surface area contributed by atoms with Crippen molar-refractivity contribution in [1.29, 1.82) is 0 Å². The second kappa shape index (κ2) is 7.87. The molecule has 30 heavy (non-hydrogen) atoms. The highest BCUT2D eigenvalue weighted by atomic mass is 16.5. The van der Waals surface area contributed by atoms with Crippen molar-refractivity contribution in [2.45, 2.75) is 20.0 Å². The summed E-state index contributed by atoms with van der Waals surface area (Å²) in [4.78, 5) is 31.7. The van der Waals surface area contributed by atoms with Crippen molar-refractivity contribution in [1.82, 2.24) is 4.98 Å². The number of aryl methyl sites for hydroxylation is 2. The lowest BCUT2D eigenvalue weighted by molar-refractivity contribution is -0.128. The second-order valence-corrected chi connectivity index (χ2v) is 7.21. The van der Waals surface area contributed by atoms with E-state index in [2.05, 4.69) is 10.3 Å². The molecule has 152 valence electrons. The molecule has 0 bridgehead atoms. The van der Waals surface area contributed by atoms with Crippen LogP contribution in [0.2, 0.25) is 0 Å². The number of fused-ring (bicyclic) bond motifs is 1. The Morgan fingerprint density at radius 2 is 1.77 bits per heavy atom. The maximum Gasteiger partial charge on any atom is 0.274 e. The van der Waals surface area contributed by atoms with Gasteiger partial charge in [-0.05, 0) is 37.1 Å². The minimum Gasteiger partial charge on any atom is -0.472 e. The highest BCUT2D eigenvalue weighted by Crippen LogP contribution is 2.38. The van der Waals surface area contributed by atoms with E-state index in [-0.39, 0.29) is 30.0 Å². The van der Waals surface area contributed by atoms with Crippen LogP contribution in [0.5, 0.6) is 5.75 Å². The average Bonchev–Trinajstić information content (AvgIpc) is 2.73. The number of aromatic nitrogens is 1. The van der Waals surface area contributed by atoms with E-state index in [4.69, 9.17) is 10.5 Å². The largest absolute Gasteiger partial charge is 0.472 e. The fraction of sp³-hybridized carbons (Fsp3) is 0.174. The molecule has 2 heterocycles. The number of hydrogen-bond acceptors (Lipinski definition) is 5. The van der Waals surface area contributed by atoms with Crippen molar-refractivity contribution in [2.75, 3.05) is 22.5 Å². The summed E-state index contributed by atoms with van der Waals surface area (Å²) in [5.41, 5.74) is 9.15. The fourth-order valence-corrected chi connectivity index (χ4v) is 3.48. The van der Waals surface area contributed by atoms with Gasteiger partial charge in [-0.25, -0.2) is 4.98 Å². The number of nitrogen functional groups attached to an aromatic ring is 1. The number of carbonyl (C=O) groups is 2. The zero-order valence-corrected chi connectivity index (χ0v) is 16.8. The third-order valence-corrected chi connectivity index (χ3v) is 5.00. The van der Waals surface area contributed by atoms with Gasteiger partial charge < -0.3 is 15.8 Å². The Morgan fingerprint density at radius 3 is 2.47 bits per heavy atom. The van der Waals surface area contributed by atoms with Crippen LogP contribution in [0, 0.1) is 13.8 Å². The normalized spacial score (nSPS) is 15.3. The van der Waals surface area contributed by atoms with Gasteiger partial charge >= 0.3 is 0 Å². The molecule has 1 atom stereocenters. The second-order valence-electron chi connectivity index (χ2n) is 7.21. The summed E-state index contributed by atoms with van der Waals surface area (Å²) in [5.74, 6) is 0.179. The van der Waals surface area contributed by atoms with Crippen LogP contribution in [0.15, 0.2) is 60.7 Å². The van der Waals surface area contributed by atoms with Crippen LogP contribution < -0.4 is 20.7 Å². The quantitative estimate of drug-likeness (QED) is 0.697. The minimum atomic E-state index is -0.864. The molecule has 7 heteroatoms. The fourth-order valence-electron chi connectivity index (χ4n) is 3.48. The van der Waals surface area contributed by atoms with Gasteiger partial charge in [-0.15, -0.1) is 0 Å². The molecule has 1 aromatic heterocycles. The number of amides is 2. The number of carbonyl (C=O) groups excluding carboxylic acids is 2. The number of benzene rings is 2. The van der Waals surface area contributed by atoms with Gasteiger partial charge in [0.2, 0.25) is 12.0 Å². The van der Waals surface area contributed by atoms with Crippen molar-refractivity contribution in [3.8, 4) is 5.75 Å². The molecule has 1 aliphatic rings. The molecule has 0 saturated heterocycles. The van der Waals surface area contributed by atoms with E-state index < -0.39 is 6.10 Å². The van der Waals surface area contributed by atoms with Crippen molar-refractivity contribution >= 4 is 29.1 Å². The Bertz CT molecular complexity index is 1090. The molecule has 0 aliphatic carbocycles. The highest BCUT2D eigenvalue weighted by Gasteiger charge is 2.37. The van der Waals surface area contributed by atoms with Crippen molar-refractivity contribution in [3.05, 3.63) is 77.4 Å². The molecule has 3 aromatic rings. The molecule has 0 spiro atoms. The van der Waals surface area contributed by atoms with Crippen LogP contribution >= 0.6 is 0 Å². The summed E-state index contributed by atoms with van der Waals surface area (Å²) in [6, 6.07) is 18.2. The van der Waals surface area contributed by atoms with Gasteiger partial charge in [-0.1, -0.05) is 48.5 Å². The molecule has 0 saturated carbocycles. The molecule has 3 N–H and O–H groups in total. The lowest BCUT2D eigenvalue weighted by Crippen LogP contribution is -2.45. The topological polar surface area (TPSA) is 97.5 Å². The van der Waals surface area contributed by atoms with E-state index in [0.717, 1.165) is 16.8 Å². The molecule has 4 rings (SSSR count). The van der Waals surface area contributed by atoms with Crippen LogP contribution in [-0.4, -0.2) is 23.3 Å². The molecular formula is C23H22N4O3. The lowest BCUT2D eigenvalue weighted by atomic mass is 10.1. The van der Waals surface area contributed by atoms with Gasteiger partial charge in [-0.3, -0.25) is 14.5 Å². The van der Waals surface area contributed by atoms with E-state index >= 15 is 0 Å². The SMILES string of the molecule is Cc1cccc(C)c1NC(=O)CN1C(=O)C(c2ccccc2)Oc2ccc(N)nc21. The zero-order chi connectivity index (χ0) is 21.3. The first-order chi connectivity index (χ1) is 14.4. The Morgan fingerprint density at radius 1 is 1.07 bits per heavy atom. The van der Waals surface area contributed by atoms with Crippen molar-refractivity contribution < 1.29 is 14.3 Å². The molecule has 2 amide bonds.